The van der Waals surface area contributed by atoms with Crippen LogP contribution >= 0.6 is 12.2 Å². The zero-order valence-corrected chi connectivity index (χ0v) is 18.4. The van der Waals surface area contributed by atoms with E-state index >= 15 is 0 Å². The predicted molar refractivity (Wildman–Crippen MR) is 128 cm³/mol. The highest BCUT2D eigenvalue weighted by molar-refractivity contribution is 7.80. The fourth-order valence-corrected chi connectivity index (χ4v) is 4.52. The van der Waals surface area contributed by atoms with Gasteiger partial charge in [0.1, 0.15) is 0 Å². The minimum Gasteiger partial charge on any atom is -0.478 e. The molecule has 4 aromatic rings. The average molecular weight is 456 g/mol. The maximum absolute atomic E-state index is 11.3. The number of rotatable bonds is 6. The molecule has 33 heavy (non-hydrogen) atoms. The lowest BCUT2D eigenvalue weighted by atomic mass is 10.0. The van der Waals surface area contributed by atoms with Crippen molar-refractivity contribution in [2.75, 3.05) is 0 Å². The Balaban J connectivity index is 1.58. The summed E-state index contributed by atoms with van der Waals surface area (Å²) in [5.41, 5.74) is 4.15. The Morgan fingerprint density at radius 3 is 2.48 bits per heavy atom. The first-order valence-electron chi connectivity index (χ1n) is 10.5. The first-order valence-corrected chi connectivity index (χ1v) is 10.9. The second-order valence-corrected chi connectivity index (χ2v) is 8.15. The van der Waals surface area contributed by atoms with Gasteiger partial charge in [-0.1, -0.05) is 6.07 Å². The number of thiocarbonyl (C=S) groups is 1. The molecule has 2 atom stereocenters. The van der Waals surface area contributed by atoms with Gasteiger partial charge in [0.05, 0.1) is 23.3 Å². The summed E-state index contributed by atoms with van der Waals surface area (Å²) in [7, 11) is 0. The lowest BCUT2D eigenvalue weighted by Gasteiger charge is -2.29. The van der Waals surface area contributed by atoms with Crippen LogP contribution in [0.15, 0.2) is 91.5 Å². The van der Waals surface area contributed by atoms with Gasteiger partial charge in [-0.15, -0.1) is 0 Å². The summed E-state index contributed by atoms with van der Waals surface area (Å²) in [6, 6.07) is 20.5. The lowest BCUT2D eigenvalue weighted by Crippen LogP contribution is -2.30. The van der Waals surface area contributed by atoms with Crippen LogP contribution in [0.1, 0.15) is 39.4 Å². The number of benzene rings is 1. The molecule has 1 aliphatic heterocycles. The summed E-state index contributed by atoms with van der Waals surface area (Å²) in [5, 5.41) is 13.4. The highest BCUT2D eigenvalue weighted by Gasteiger charge is 2.41. The molecule has 1 fully saturated rings. The maximum atomic E-state index is 11.3. The van der Waals surface area contributed by atoms with E-state index in [9.17, 15) is 9.90 Å². The van der Waals surface area contributed by atoms with E-state index < -0.39 is 5.97 Å². The number of carboxylic acids is 1. The van der Waals surface area contributed by atoms with Crippen molar-refractivity contribution >= 4 is 23.3 Å². The second kappa shape index (κ2) is 8.84. The monoisotopic (exact) mass is 455 g/mol. The second-order valence-electron chi connectivity index (χ2n) is 7.77. The SMILES string of the molecule is O=C(O)c1ccc(-n2cccc2[C@H]2[C@H](c3ccccn3)NC(=S)N2Cc2ccncc2)cc1. The van der Waals surface area contributed by atoms with E-state index in [4.69, 9.17) is 12.2 Å². The molecule has 0 saturated carbocycles. The molecule has 0 aliphatic carbocycles. The van der Waals surface area contributed by atoms with Crippen LogP contribution in [0.2, 0.25) is 0 Å². The van der Waals surface area contributed by atoms with Crippen molar-refractivity contribution in [3.63, 3.8) is 0 Å². The van der Waals surface area contributed by atoms with Gasteiger partial charge in [0, 0.05) is 42.7 Å². The quantitative estimate of drug-likeness (QED) is 0.423. The number of nitrogens with one attached hydrogen (secondary N) is 1. The minimum atomic E-state index is -0.946. The molecular weight excluding hydrogens is 434 g/mol. The molecule has 3 aromatic heterocycles. The molecule has 0 spiro atoms. The highest BCUT2D eigenvalue weighted by atomic mass is 32.1. The Morgan fingerprint density at radius 1 is 1.00 bits per heavy atom. The Bertz CT molecular complexity index is 1280. The van der Waals surface area contributed by atoms with Gasteiger partial charge >= 0.3 is 5.97 Å². The van der Waals surface area contributed by atoms with Crippen LogP contribution < -0.4 is 5.32 Å². The van der Waals surface area contributed by atoms with E-state index in [1.165, 1.54) is 0 Å². The standard InChI is InChI=1S/C25H21N5O2S/c31-24(32)18-6-8-19(9-7-18)29-15-3-5-21(29)23-22(20-4-1-2-12-27-20)28-25(33)30(23)16-17-10-13-26-14-11-17/h1-15,22-23H,16H2,(H,28,33)(H,31,32)/t22-,23-/m0/s1. The molecule has 1 aliphatic rings. The van der Waals surface area contributed by atoms with Crippen molar-refractivity contribution in [3.05, 3.63) is 114 Å². The maximum Gasteiger partial charge on any atom is 0.335 e. The van der Waals surface area contributed by atoms with Crippen LogP contribution in [0, 0.1) is 0 Å². The third kappa shape index (κ3) is 4.08. The van der Waals surface area contributed by atoms with E-state index in [-0.39, 0.29) is 17.6 Å². The molecule has 0 unspecified atom stereocenters. The molecule has 1 saturated heterocycles. The van der Waals surface area contributed by atoms with Crippen molar-refractivity contribution in [1.29, 1.82) is 0 Å². The van der Waals surface area contributed by atoms with Gasteiger partial charge in [-0.2, -0.15) is 0 Å². The number of aromatic carboxylic acids is 1. The van der Waals surface area contributed by atoms with E-state index in [2.05, 4.69) is 30.8 Å². The Hall–Kier alpha value is -4.04. The van der Waals surface area contributed by atoms with Crippen LogP contribution in [0.3, 0.4) is 0 Å². The van der Waals surface area contributed by atoms with Crippen molar-refractivity contribution in [1.82, 2.24) is 24.8 Å². The van der Waals surface area contributed by atoms with Gasteiger partial charge in [-0.25, -0.2) is 4.79 Å². The van der Waals surface area contributed by atoms with Gasteiger partial charge < -0.3 is 19.9 Å². The fraction of sp³-hybridized carbons (Fsp3) is 0.120. The number of carbonyl (C=O) groups is 1. The third-order valence-electron chi connectivity index (χ3n) is 5.78. The van der Waals surface area contributed by atoms with Crippen LogP contribution in [0.25, 0.3) is 5.69 Å². The smallest absolute Gasteiger partial charge is 0.335 e. The van der Waals surface area contributed by atoms with Crippen molar-refractivity contribution < 1.29 is 9.90 Å². The molecule has 0 bridgehead atoms. The summed E-state index contributed by atoms with van der Waals surface area (Å²) in [4.78, 5) is 22.2. The molecule has 1 aromatic carbocycles. The minimum absolute atomic E-state index is 0.130. The van der Waals surface area contributed by atoms with Crippen LogP contribution in [-0.2, 0) is 6.54 Å². The lowest BCUT2D eigenvalue weighted by molar-refractivity contribution is 0.0697. The molecular formula is C25H21N5O2S. The molecule has 7 nitrogen and oxygen atoms in total. The Kier molecular flexibility index (Phi) is 5.58. The zero-order chi connectivity index (χ0) is 22.8. The summed E-state index contributed by atoms with van der Waals surface area (Å²) in [6.45, 7) is 0.617. The van der Waals surface area contributed by atoms with Gasteiger partial charge in [0.2, 0.25) is 0 Å². The molecule has 4 heterocycles. The van der Waals surface area contributed by atoms with Crippen LogP contribution in [0.4, 0.5) is 0 Å². The van der Waals surface area contributed by atoms with Crippen molar-refractivity contribution in [2.45, 2.75) is 18.6 Å². The van der Waals surface area contributed by atoms with Gasteiger partial charge in [-0.05, 0) is 78.4 Å². The van der Waals surface area contributed by atoms with Crippen molar-refractivity contribution in [2.24, 2.45) is 0 Å². The third-order valence-corrected chi connectivity index (χ3v) is 6.13. The topological polar surface area (TPSA) is 83.3 Å². The van der Waals surface area contributed by atoms with Gasteiger partial charge in [-0.3, -0.25) is 9.97 Å². The summed E-state index contributed by atoms with van der Waals surface area (Å²) >= 11 is 5.77. The van der Waals surface area contributed by atoms with E-state index in [0.29, 0.717) is 11.7 Å². The predicted octanol–water partition coefficient (Wildman–Crippen LogP) is 4.14. The zero-order valence-electron chi connectivity index (χ0n) is 17.6. The number of nitrogens with zero attached hydrogens (tertiary/aromatic N) is 4. The number of pyridine rings is 2. The first-order chi connectivity index (χ1) is 16.1. The normalized spacial score (nSPS) is 17.7. The van der Waals surface area contributed by atoms with E-state index in [0.717, 1.165) is 22.6 Å². The Morgan fingerprint density at radius 2 is 1.79 bits per heavy atom. The van der Waals surface area contributed by atoms with Crippen molar-refractivity contribution in [3.8, 4) is 5.69 Å². The van der Waals surface area contributed by atoms with Crippen LogP contribution in [0.5, 0.6) is 0 Å². The number of carboxylic acid groups (broad SMARTS) is 1. The summed E-state index contributed by atoms with van der Waals surface area (Å²) in [5.74, 6) is -0.946. The number of hydrogen-bond donors (Lipinski definition) is 2. The van der Waals surface area contributed by atoms with Crippen LogP contribution in [-0.4, -0.2) is 35.6 Å². The average Bonchev–Trinajstić information content (AvgIpc) is 3.45. The van der Waals surface area contributed by atoms with E-state index in [1.54, 1.807) is 30.7 Å². The largest absolute Gasteiger partial charge is 0.478 e. The summed E-state index contributed by atoms with van der Waals surface area (Å²) in [6.07, 6.45) is 7.32. The fourth-order valence-electron chi connectivity index (χ4n) is 4.22. The molecule has 0 amide bonds. The molecule has 164 valence electrons. The van der Waals surface area contributed by atoms with E-state index in [1.807, 2.05) is 54.7 Å². The number of hydrogen-bond acceptors (Lipinski definition) is 4. The molecule has 0 radical (unpaired) electrons. The highest BCUT2D eigenvalue weighted by Crippen LogP contribution is 2.40. The first kappa shape index (κ1) is 20.8. The molecule has 8 heteroatoms. The Labute approximate surface area is 196 Å². The number of aromatic nitrogens is 3. The van der Waals surface area contributed by atoms with Gasteiger partial charge in [0.15, 0.2) is 5.11 Å². The molecule has 5 rings (SSSR count). The molecule has 2 N–H and O–H groups in total. The van der Waals surface area contributed by atoms with Gasteiger partial charge in [0.25, 0.3) is 0 Å². The summed E-state index contributed by atoms with van der Waals surface area (Å²) < 4.78 is 2.07.